The minimum atomic E-state index is -2.03. The molecule has 0 aliphatic heterocycles. The summed E-state index contributed by atoms with van der Waals surface area (Å²) in [6, 6.07) is -0.204. The van der Waals surface area contributed by atoms with Crippen molar-refractivity contribution in [2.45, 2.75) is 103 Å². The van der Waals surface area contributed by atoms with Gasteiger partial charge in [-0.1, -0.05) is 20.8 Å². The molecular formula is C17H35NO4Si. The highest BCUT2D eigenvalue weighted by Gasteiger charge is 2.46. The summed E-state index contributed by atoms with van der Waals surface area (Å²) in [6.07, 6.45) is 0.220. The lowest BCUT2D eigenvalue weighted by molar-refractivity contribution is -0.0391. The van der Waals surface area contributed by atoms with Crippen molar-refractivity contribution in [1.82, 2.24) is 4.90 Å². The highest BCUT2D eigenvalue weighted by Crippen LogP contribution is 2.40. The Morgan fingerprint density at radius 1 is 1.13 bits per heavy atom. The Morgan fingerprint density at radius 2 is 1.65 bits per heavy atom. The maximum absolute atomic E-state index is 11.9. The third kappa shape index (κ3) is 4.94. The van der Waals surface area contributed by atoms with Crippen LogP contribution < -0.4 is 0 Å². The molecule has 1 rings (SSSR count). The summed E-state index contributed by atoms with van der Waals surface area (Å²) in [6.45, 7) is 16.6. The van der Waals surface area contributed by atoms with Gasteiger partial charge in [-0.2, -0.15) is 0 Å². The van der Waals surface area contributed by atoms with Crippen LogP contribution in [0.2, 0.25) is 18.1 Å². The van der Waals surface area contributed by atoms with Crippen molar-refractivity contribution < 1.29 is 19.4 Å². The van der Waals surface area contributed by atoms with E-state index in [0.717, 1.165) is 0 Å². The van der Waals surface area contributed by atoms with Crippen molar-refractivity contribution in [2.24, 2.45) is 0 Å². The highest BCUT2D eigenvalue weighted by molar-refractivity contribution is 6.74. The minimum Gasteiger partial charge on any atom is -0.465 e. The number of carbonyl (C=O) groups is 1. The number of hydrogen-bond donors (Lipinski definition) is 2. The fraction of sp³-hybridized carbons (Fsp3) is 0.941. The zero-order valence-electron chi connectivity index (χ0n) is 16.0. The zero-order chi connectivity index (χ0) is 18.2. The Morgan fingerprint density at radius 3 is 2.04 bits per heavy atom. The molecule has 0 bridgehead atoms. The van der Waals surface area contributed by atoms with Crippen molar-refractivity contribution in [2.75, 3.05) is 0 Å². The maximum atomic E-state index is 11.9. The van der Waals surface area contributed by atoms with E-state index in [2.05, 4.69) is 33.9 Å². The van der Waals surface area contributed by atoms with Crippen LogP contribution in [0.15, 0.2) is 0 Å². The molecule has 6 heteroatoms. The van der Waals surface area contributed by atoms with Gasteiger partial charge in [-0.25, -0.2) is 4.79 Å². The summed E-state index contributed by atoms with van der Waals surface area (Å²) in [4.78, 5) is 13.4. The first-order valence-corrected chi connectivity index (χ1v) is 11.5. The standard InChI is InChI=1S/C17H35NO4Si/c1-16(2,3)18(15(20)21)13-10-9-12(19)11-14(13)22-23(7,8)17(4,5)6/h12-14,19H,9-11H2,1-8H3,(H,20,21)/t12-,13+,14-/m1/s1. The summed E-state index contributed by atoms with van der Waals surface area (Å²) in [5.74, 6) is 0. The van der Waals surface area contributed by atoms with E-state index in [4.69, 9.17) is 4.43 Å². The van der Waals surface area contributed by atoms with Gasteiger partial charge in [0, 0.05) is 12.0 Å². The Bertz CT molecular complexity index is 425. The number of rotatable bonds is 3. The van der Waals surface area contributed by atoms with Gasteiger partial charge in [0.2, 0.25) is 0 Å². The number of hydrogen-bond acceptors (Lipinski definition) is 3. The van der Waals surface area contributed by atoms with Crippen LogP contribution in [-0.4, -0.2) is 53.3 Å². The predicted molar refractivity (Wildman–Crippen MR) is 95.3 cm³/mol. The number of aliphatic hydroxyl groups excluding tert-OH is 1. The second-order valence-corrected chi connectivity index (χ2v) is 14.0. The molecule has 1 amide bonds. The zero-order valence-corrected chi connectivity index (χ0v) is 17.0. The molecule has 1 saturated carbocycles. The van der Waals surface area contributed by atoms with Crippen LogP contribution in [0.1, 0.15) is 60.8 Å². The lowest BCUT2D eigenvalue weighted by atomic mass is 9.87. The molecule has 2 N–H and O–H groups in total. The van der Waals surface area contributed by atoms with Crippen molar-refractivity contribution in [3.63, 3.8) is 0 Å². The van der Waals surface area contributed by atoms with Gasteiger partial charge in [-0.15, -0.1) is 0 Å². The fourth-order valence-corrected chi connectivity index (χ4v) is 4.36. The Hall–Kier alpha value is -0.593. The monoisotopic (exact) mass is 345 g/mol. The molecule has 0 radical (unpaired) electrons. The lowest BCUT2D eigenvalue weighted by Gasteiger charge is -2.49. The SMILES string of the molecule is CC(C)(C)N(C(=O)O)[C@H]1CC[C@@H](O)C[C@H]1O[Si](C)(C)C(C)(C)C. The number of aliphatic hydroxyl groups is 1. The van der Waals surface area contributed by atoms with Gasteiger partial charge in [0.25, 0.3) is 0 Å². The van der Waals surface area contributed by atoms with Crippen molar-refractivity contribution >= 4 is 14.4 Å². The van der Waals surface area contributed by atoms with Gasteiger partial charge >= 0.3 is 6.09 Å². The third-order valence-corrected chi connectivity index (χ3v) is 9.75. The van der Waals surface area contributed by atoms with E-state index in [0.29, 0.717) is 19.3 Å². The van der Waals surface area contributed by atoms with E-state index in [1.807, 2.05) is 20.8 Å². The van der Waals surface area contributed by atoms with Crippen LogP contribution in [0, 0.1) is 0 Å². The third-order valence-electron chi connectivity index (χ3n) is 5.24. The van der Waals surface area contributed by atoms with E-state index >= 15 is 0 Å². The molecule has 0 aromatic rings. The first kappa shape index (κ1) is 20.5. The molecule has 1 fully saturated rings. The quantitative estimate of drug-likeness (QED) is 0.757. The maximum Gasteiger partial charge on any atom is 0.408 e. The van der Waals surface area contributed by atoms with Crippen LogP contribution in [-0.2, 0) is 4.43 Å². The molecule has 23 heavy (non-hydrogen) atoms. The van der Waals surface area contributed by atoms with Crippen LogP contribution in [0.4, 0.5) is 4.79 Å². The molecule has 136 valence electrons. The Balaban J connectivity index is 3.11. The second-order valence-electron chi connectivity index (χ2n) is 9.27. The van der Waals surface area contributed by atoms with Gasteiger partial charge in [0.15, 0.2) is 8.32 Å². The molecule has 0 aromatic heterocycles. The van der Waals surface area contributed by atoms with E-state index < -0.39 is 26.1 Å². The topological polar surface area (TPSA) is 70.0 Å². The Labute approximate surface area is 142 Å². The number of amides is 1. The molecule has 1 aliphatic rings. The highest BCUT2D eigenvalue weighted by atomic mass is 28.4. The van der Waals surface area contributed by atoms with E-state index in [-0.39, 0.29) is 17.2 Å². The number of nitrogens with zero attached hydrogens (tertiary/aromatic N) is 1. The molecule has 0 saturated heterocycles. The van der Waals surface area contributed by atoms with E-state index in [1.54, 1.807) is 0 Å². The van der Waals surface area contributed by atoms with Gasteiger partial charge in [0.05, 0.1) is 18.2 Å². The largest absolute Gasteiger partial charge is 0.465 e. The molecule has 0 unspecified atom stereocenters. The first-order chi connectivity index (χ1) is 10.2. The molecule has 0 aromatic carbocycles. The van der Waals surface area contributed by atoms with E-state index in [9.17, 15) is 15.0 Å². The predicted octanol–water partition coefficient (Wildman–Crippen LogP) is 4.07. The molecule has 1 aliphatic carbocycles. The summed E-state index contributed by atoms with van der Waals surface area (Å²) in [5, 5.41) is 19.9. The van der Waals surface area contributed by atoms with Crippen LogP contribution in [0.25, 0.3) is 0 Å². The van der Waals surface area contributed by atoms with Crippen LogP contribution >= 0.6 is 0 Å². The van der Waals surface area contributed by atoms with Gasteiger partial charge in [0.1, 0.15) is 0 Å². The number of carboxylic acid groups (broad SMARTS) is 1. The van der Waals surface area contributed by atoms with Gasteiger partial charge in [-0.3, -0.25) is 4.90 Å². The molecule has 0 heterocycles. The average molecular weight is 346 g/mol. The van der Waals surface area contributed by atoms with Crippen molar-refractivity contribution in [1.29, 1.82) is 0 Å². The normalized spacial score (nSPS) is 26.9. The molecule has 0 spiro atoms. The van der Waals surface area contributed by atoms with E-state index in [1.165, 1.54) is 4.90 Å². The van der Waals surface area contributed by atoms with Gasteiger partial charge in [-0.05, 0) is 51.7 Å². The van der Waals surface area contributed by atoms with Crippen molar-refractivity contribution in [3.05, 3.63) is 0 Å². The molecule has 3 atom stereocenters. The van der Waals surface area contributed by atoms with Crippen LogP contribution in [0.3, 0.4) is 0 Å². The average Bonchev–Trinajstić information content (AvgIpc) is 2.28. The van der Waals surface area contributed by atoms with Crippen LogP contribution in [0.5, 0.6) is 0 Å². The Kier molecular flexibility index (Phi) is 5.98. The molecular weight excluding hydrogens is 310 g/mol. The van der Waals surface area contributed by atoms with Crippen molar-refractivity contribution in [3.8, 4) is 0 Å². The first-order valence-electron chi connectivity index (χ1n) is 8.55. The summed E-state index contributed by atoms with van der Waals surface area (Å²) >= 11 is 0. The fourth-order valence-electron chi connectivity index (χ4n) is 3.00. The second kappa shape index (κ2) is 6.73. The lowest BCUT2D eigenvalue weighted by Crippen LogP contribution is -2.60. The van der Waals surface area contributed by atoms with Gasteiger partial charge < -0.3 is 14.6 Å². The summed E-state index contributed by atoms with van der Waals surface area (Å²) < 4.78 is 6.53. The summed E-state index contributed by atoms with van der Waals surface area (Å²) in [5.41, 5.74) is -0.492. The summed E-state index contributed by atoms with van der Waals surface area (Å²) in [7, 11) is -2.03. The molecule has 5 nitrogen and oxygen atoms in total. The minimum absolute atomic E-state index is 0.0513. The smallest absolute Gasteiger partial charge is 0.408 e.